The molecule has 1 heterocycles. The lowest BCUT2D eigenvalue weighted by molar-refractivity contribution is 0.324. The molecule has 1 fully saturated rings. The molecule has 3 aromatic rings. The van der Waals surface area contributed by atoms with Gasteiger partial charge in [0.1, 0.15) is 0 Å². The molecular weight excluding hydrogens is 408 g/mol. The molecule has 2 aromatic carbocycles. The lowest BCUT2D eigenvalue weighted by atomic mass is 10.1. The lowest BCUT2D eigenvalue weighted by Crippen LogP contribution is -2.21. The maximum Gasteiger partial charge on any atom is 0.203 e. The van der Waals surface area contributed by atoms with Crippen molar-refractivity contribution in [2.75, 3.05) is 21.3 Å². The van der Waals surface area contributed by atoms with E-state index in [1.165, 1.54) is 38.5 Å². The molecule has 0 radical (unpaired) electrons. The highest BCUT2D eigenvalue weighted by molar-refractivity contribution is 7.07. The predicted molar refractivity (Wildman–Crippen MR) is 126 cm³/mol. The van der Waals surface area contributed by atoms with Crippen LogP contribution in [0.5, 0.6) is 17.2 Å². The zero-order valence-corrected chi connectivity index (χ0v) is 19.3. The molecule has 0 aliphatic heterocycles. The number of ether oxygens (including phenoxy) is 3. The van der Waals surface area contributed by atoms with Gasteiger partial charge in [0.2, 0.25) is 5.75 Å². The van der Waals surface area contributed by atoms with Crippen LogP contribution in [0.3, 0.4) is 0 Å². The van der Waals surface area contributed by atoms with Gasteiger partial charge in [0.15, 0.2) is 16.3 Å². The first-order valence-electron chi connectivity index (χ1n) is 10.9. The van der Waals surface area contributed by atoms with Crippen molar-refractivity contribution < 1.29 is 14.2 Å². The van der Waals surface area contributed by atoms with Crippen LogP contribution in [0.15, 0.2) is 52.8 Å². The van der Waals surface area contributed by atoms with E-state index in [0.717, 1.165) is 21.7 Å². The quantitative estimate of drug-likeness (QED) is 0.420. The van der Waals surface area contributed by atoms with E-state index in [1.54, 1.807) is 32.7 Å². The van der Waals surface area contributed by atoms with Crippen LogP contribution >= 0.6 is 11.3 Å². The molecule has 1 aromatic heterocycles. The average molecular weight is 439 g/mol. The van der Waals surface area contributed by atoms with Crippen molar-refractivity contribution in [3.63, 3.8) is 0 Å². The summed E-state index contributed by atoms with van der Waals surface area (Å²) < 4.78 is 19.2. The monoisotopic (exact) mass is 438 g/mol. The van der Waals surface area contributed by atoms with E-state index >= 15 is 0 Å². The van der Waals surface area contributed by atoms with Crippen molar-refractivity contribution in [3.8, 4) is 28.5 Å². The van der Waals surface area contributed by atoms with Crippen LogP contribution in [-0.2, 0) is 0 Å². The Labute approximate surface area is 187 Å². The first kappa shape index (κ1) is 21.5. The van der Waals surface area contributed by atoms with Crippen LogP contribution in [0.4, 0.5) is 5.69 Å². The molecular formula is C25H30N2O3S. The predicted octanol–water partition coefficient (Wildman–Crippen LogP) is 6.37. The summed E-state index contributed by atoms with van der Waals surface area (Å²) in [6.07, 6.45) is 7.49. The van der Waals surface area contributed by atoms with Gasteiger partial charge in [0.05, 0.1) is 32.7 Å². The molecule has 5 nitrogen and oxygen atoms in total. The Kier molecular flexibility index (Phi) is 6.97. The minimum Gasteiger partial charge on any atom is -0.493 e. The zero-order chi connectivity index (χ0) is 21.6. The van der Waals surface area contributed by atoms with Gasteiger partial charge in [-0.1, -0.05) is 43.9 Å². The van der Waals surface area contributed by atoms with E-state index in [2.05, 4.69) is 22.1 Å². The largest absolute Gasteiger partial charge is 0.493 e. The minimum absolute atomic E-state index is 0.435. The molecule has 0 unspecified atom stereocenters. The summed E-state index contributed by atoms with van der Waals surface area (Å²) in [5, 5.41) is 2.20. The van der Waals surface area contributed by atoms with Crippen LogP contribution in [0.25, 0.3) is 11.3 Å². The van der Waals surface area contributed by atoms with Crippen molar-refractivity contribution in [3.05, 3.63) is 52.6 Å². The highest BCUT2D eigenvalue weighted by atomic mass is 32.1. The van der Waals surface area contributed by atoms with Gasteiger partial charge < -0.3 is 18.8 Å². The Bertz CT molecular complexity index is 1040. The third kappa shape index (κ3) is 4.64. The number of benzene rings is 2. The standard InChI is InChI=1S/C25H30N2O3S/c1-28-22-15-18(16-23(29-2)24(22)30-3)21-17-31-25(26-19-11-7-6-8-12-19)27(21)20-13-9-4-5-10-14-20/h6-8,11-12,15-17,20H,4-5,9-10,13-14H2,1-3H3. The van der Waals surface area contributed by atoms with Crippen LogP contribution in [-0.4, -0.2) is 25.9 Å². The molecule has 6 heteroatoms. The highest BCUT2D eigenvalue weighted by Crippen LogP contribution is 2.42. The third-order valence-electron chi connectivity index (χ3n) is 5.87. The Morgan fingerprint density at radius 2 is 1.52 bits per heavy atom. The van der Waals surface area contributed by atoms with Crippen LogP contribution in [0, 0.1) is 0 Å². The second-order valence-corrected chi connectivity index (χ2v) is 8.62. The summed E-state index contributed by atoms with van der Waals surface area (Å²) in [5.74, 6) is 1.94. The fourth-order valence-electron chi connectivity index (χ4n) is 4.32. The first-order chi connectivity index (χ1) is 15.2. The van der Waals surface area contributed by atoms with Crippen molar-refractivity contribution in [2.45, 2.75) is 44.6 Å². The molecule has 0 saturated heterocycles. The number of rotatable bonds is 6. The lowest BCUT2D eigenvalue weighted by Gasteiger charge is -2.21. The van der Waals surface area contributed by atoms with Gasteiger partial charge >= 0.3 is 0 Å². The van der Waals surface area contributed by atoms with E-state index in [0.29, 0.717) is 23.3 Å². The van der Waals surface area contributed by atoms with Gasteiger partial charge in [-0.25, -0.2) is 4.99 Å². The number of thiazole rings is 1. The average Bonchev–Trinajstić information content (AvgIpc) is 3.03. The normalized spacial score (nSPS) is 15.5. The Morgan fingerprint density at radius 3 is 2.10 bits per heavy atom. The summed E-state index contributed by atoms with van der Waals surface area (Å²) in [6, 6.07) is 14.7. The van der Waals surface area contributed by atoms with Crippen molar-refractivity contribution in [1.29, 1.82) is 0 Å². The molecule has 1 aliphatic carbocycles. The fourth-order valence-corrected chi connectivity index (χ4v) is 5.31. The topological polar surface area (TPSA) is 45.0 Å². The van der Waals surface area contributed by atoms with Crippen molar-refractivity contribution >= 4 is 17.0 Å². The molecule has 0 N–H and O–H groups in total. The fraction of sp³-hybridized carbons (Fsp3) is 0.400. The number of hydrogen-bond donors (Lipinski definition) is 0. The van der Waals surface area contributed by atoms with Gasteiger partial charge in [-0.2, -0.15) is 0 Å². The summed E-state index contributed by atoms with van der Waals surface area (Å²) in [4.78, 5) is 6.04. The first-order valence-corrected chi connectivity index (χ1v) is 11.7. The summed E-state index contributed by atoms with van der Waals surface area (Å²) in [6.45, 7) is 0. The molecule has 0 spiro atoms. The molecule has 31 heavy (non-hydrogen) atoms. The molecule has 0 amide bonds. The molecule has 0 bridgehead atoms. The second kappa shape index (κ2) is 10.1. The van der Waals surface area contributed by atoms with E-state index in [-0.39, 0.29) is 0 Å². The van der Waals surface area contributed by atoms with Gasteiger partial charge in [-0.05, 0) is 37.1 Å². The number of methoxy groups -OCH3 is 3. The molecule has 0 atom stereocenters. The van der Waals surface area contributed by atoms with Crippen LogP contribution in [0.2, 0.25) is 0 Å². The molecule has 1 saturated carbocycles. The number of para-hydroxylation sites is 1. The van der Waals surface area contributed by atoms with Gasteiger partial charge in [0, 0.05) is 17.0 Å². The van der Waals surface area contributed by atoms with E-state index in [4.69, 9.17) is 19.2 Å². The Hall–Kier alpha value is -2.73. The maximum absolute atomic E-state index is 5.61. The second-order valence-electron chi connectivity index (χ2n) is 7.78. The Morgan fingerprint density at radius 1 is 0.871 bits per heavy atom. The van der Waals surface area contributed by atoms with Crippen LogP contribution < -0.4 is 19.0 Å². The third-order valence-corrected chi connectivity index (χ3v) is 6.71. The molecule has 1 aliphatic rings. The number of hydrogen-bond acceptors (Lipinski definition) is 5. The van der Waals surface area contributed by atoms with Gasteiger partial charge in [-0.15, -0.1) is 11.3 Å². The van der Waals surface area contributed by atoms with Gasteiger partial charge in [0.25, 0.3) is 0 Å². The summed E-state index contributed by atoms with van der Waals surface area (Å²) in [5.41, 5.74) is 3.17. The summed E-state index contributed by atoms with van der Waals surface area (Å²) in [7, 11) is 4.95. The van der Waals surface area contributed by atoms with Gasteiger partial charge in [-0.3, -0.25) is 0 Å². The van der Waals surface area contributed by atoms with Crippen molar-refractivity contribution in [2.24, 2.45) is 4.99 Å². The maximum atomic E-state index is 5.61. The molecule has 4 rings (SSSR count). The smallest absolute Gasteiger partial charge is 0.203 e. The van der Waals surface area contributed by atoms with E-state index in [9.17, 15) is 0 Å². The van der Waals surface area contributed by atoms with Crippen molar-refractivity contribution in [1.82, 2.24) is 4.57 Å². The molecule has 164 valence electrons. The zero-order valence-electron chi connectivity index (χ0n) is 18.5. The summed E-state index contributed by atoms with van der Waals surface area (Å²) >= 11 is 1.69. The highest BCUT2D eigenvalue weighted by Gasteiger charge is 2.22. The van der Waals surface area contributed by atoms with Crippen LogP contribution in [0.1, 0.15) is 44.6 Å². The SMILES string of the molecule is COc1cc(-c2csc(=Nc3ccccc3)n2C2CCCCCC2)cc(OC)c1OC. The Balaban J connectivity index is 1.89. The minimum atomic E-state index is 0.435. The van der Waals surface area contributed by atoms with E-state index < -0.39 is 0 Å². The number of nitrogens with zero attached hydrogens (tertiary/aromatic N) is 2. The van der Waals surface area contributed by atoms with E-state index in [1.807, 2.05) is 30.3 Å². The number of aromatic nitrogens is 1.